The fourth-order valence-electron chi connectivity index (χ4n) is 11.7. The number of nitrogens with one attached hydrogen (secondary N) is 8. The summed E-state index contributed by atoms with van der Waals surface area (Å²) in [5.74, 6) is -0.605. The summed E-state index contributed by atoms with van der Waals surface area (Å²) in [4.78, 5) is 127. The molecule has 1 aromatic heterocycles. The van der Waals surface area contributed by atoms with Crippen molar-refractivity contribution < 1.29 is 61.1 Å². The van der Waals surface area contributed by atoms with Gasteiger partial charge in [-0.1, -0.05) is 63.9 Å². The third-order valence-corrected chi connectivity index (χ3v) is 17.6. The van der Waals surface area contributed by atoms with Gasteiger partial charge in [0.15, 0.2) is 0 Å². The van der Waals surface area contributed by atoms with E-state index in [1.807, 2.05) is 190 Å². The highest BCUT2D eigenvalue weighted by Crippen LogP contribution is 2.26. The van der Waals surface area contributed by atoms with Gasteiger partial charge in [0.25, 0.3) is 11.8 Å². The van der Waals surface area contributed by atoms with Crippen LogP contribution in [0.2, 0.25) is 0 Å². The van der Waals surface area contributed by atoms with Crippen LogP contribution in [0.5, 0.6) is 0 Å². The van der Waals surface area contributed by atoms with Crippen LogP contribution in [0.1, 0.15) is 285 Å². The predicted octanol–water partition coefficient (Wildman–Crippen LogP) is 14.6. The predicted molar refractivity (Wildman–Crippen MR) is 488 cm³/mol. The Morgan fingerprint density at radius 1 is 0.463 bits per heavy atom. The van der Waals surface area contributed by atoms with Crippen LogP contribution in [0.15, 0.2) is 73.3 Å². The summed E-state index contributed by atoms with van der Waals surface area (Å²) in [5, 5.41) is 23.4. The van der Waals surface area contributed by atoms with Crippen LogP contribution in [0, 0.1) is 17.8 Å². The second-order valence-corrected chi connectivity index (χ2v) is 40.4. The number of imidazole rings is 1. The lowest BCUT2D eigenvalue weighted by Crippen LogP contribution is -2.53. The molecule has 7 rings (SSSR count). The molecule has 3 aromatic rings. The van der Waals surface area contributed by atoms with E-state index < -0.39 is 23.5 Å². The Labute approximate surface area is 737 Å². The molecule has 3 aliphatic heterocycles. The summed E-state index contributed by atoms with van der Waals surface area (Å²) < 4.78 is 37.9. The number of nitrogens with zero attached hydrogens (tertiary/aromatic N) is 7. The van der Waals surface area contributed by atoms with E-state index in [9.17, 15) is 61.1 Å². The SMILES string of the molecule is C.CC(=O)N(C(=O)C(F)(F)F)C(C)(C)C.CC(C)(C)NC(=O)C1CCCCC1.CC(C)(C)NC(=O)CCl.CC(C)(C)NC(=O)c1ccc(CCl)cc1.CC(C)(C)NC(=O)c1ccccc1.CC(C)NC(=O)Cn1ccnc1.CC1CCN(CC(=O)NC(C)(C)C)CC1.CN1CCC(C(=O)NC(C)(C)C)CC1.CN1CCN(CC(=O)NC(C)(C)C)CC1. The molecule has 2 aromatic carbocycles. The number of piperazine rings is 1. The summed E-state index contributed by atoms with van der Waals surface area (Å²) in [5.41, 5.74) is 0.276. The lowest BCUT2D eigenvalue weighted by Gasteiger charge is -2.33. The maximum atomic E-state index is 12.0. The van der Waals surface area contributed by atoms with Crippen LogP contribution >= 0.6 is 23.2 Å². The molecule has 30 heteroatoms. The minimum absolute atomic E-state index is 0. The first-order chi connectivity index (χ1) is 54.6. The number of amides is 10. The van der Waals surface area contributed by atoms with Gasteiger partial charge in [-0.25, -0.2) is 4.98 Å². The molecule has 25 nitrogen and oxygen atoms in total. The molecule has 8 N–H and O–H groups in total. The second kappa shape index (κ2) is 55.9. The smallest absolute Gasteiger partial charge is 0.352 e. The molecule has 0 radical (unpaired) electrons. The summed E-state index contributed by atoms with van der Waals surface area (Å²) in [6.45, 7) is 62.7. The normalized spacial score (nSPS) is 15.4. The Balaban J connectivity index is -0.00000130. The zero-order valence-corrected chi connectivity index (χ0v) is 80.4. The van der Waals surface area contributed by atoms with E-state index in [1.165, 1.54) is 52.9 Å². The van der Waals surface area contributed by atoms with Gasteiger partial charge in [-0.3, -0.25) is 62.6 Å². The van der Waals surface area contributed by atoms with E-state index in [1.54, 1.807) is 47.6 Å². The third-order valence-electron chi connectivity index (χ3n) is 17.1. The average molecular weight is 1750 g/mol. The van der Waals surface area contributed by atoms with Crippen molar-refractivity contribution in [3.63, 3.8) is 0 Å². The molecule has 0 bridgehead atoms. The summed E-state index contributed by atoms with van der Waals surface area (Å²) in [6.07, 6.45) is 10.4. The Morgan fingerprint density at radius 3 is 1.16 bits per heavy atom. The number of hydrogen-bond donors (Lipinski definition) is 8. The number of aromatic nitrogens is 2. The summed E-state index contributed by atoms with van der Waals surface area (Å²) in [7, 11) is 4.23. The lowest BCUT2D eigenvalue weighted by atomic mass is 9.88. The maximum Gasteiger partial charge on any atom is 0.471 e. The highest BCUT2D eigenvalue weighted by molar-refractivity contribution is 6.27. The van der Waals surface area contributed by atoms with Crippen molar-refractivity contribution in [2.24, 2.45) is 17.8 Å². The van der Waals surface area contributed by atoms with Crippen molar-refractivity contribution in [2.75, 3.05) is 85.4 Å². The molecule has 0 unspecified atom stereocenters. The number of likely N-dealkylation sites (tertiary alicyclic amines) is 2. The Hall–Kier alpha value is -7.24. The highest BCUT2D eigenvalue weighted by atomic mass is 35.5. The molecule has 4 aliphatic rings. The van der Waals surface area contributed by atoms with Crippen molar-refractivity contribution in [2.45, 2.75) is 328 Å². The van der Waals surface area contributed by atoms with E-state index >= 15 is 0 Å². The number of hydrogen-bond acceptors (Lipinski definition) is 15. The van der Waals surface area contributed by atoms with Crippen LogP contribution in [-0.2, 0) is 50.8 Å². The van der Waals surface area contributed by atoms with Crippen molar-refractivity contribution in [3.05, 3.63) is 90.0 Å². The van der Waals surface area contributed by atoms with Gasteiger partial charge in [-0.2, -0.15) is 13.2 Å². The third kappa shape index (κ3) is 64.2. The largest absolute Gasteiger partial charge is 0.471 e. The van der Waals surface area contributed by atoms with E-state index in [2.05, 4.69) is 88.1 Å². The molecule has 696 valence electrons. The monoisotopic (exact) mass is 1750 g/mol. The quantitative estimate of drug-likeness (QED) is 0.0738. The molecule has 4 fully saturated rings. The van der Waals surface area contributed by atoms with Crippen molar-refractivity contribution >= 4 is 82.3 Å². The van der Waals surface area contributed by atoms with Crippen molar-refractivity contribution in [3.8, 4) is 0 Å². The Kier molecular flexibility index (Phi) is 54.4. The molecular weight excluding hydrogens is 1590 g/mol. The first-order valence-electron chi connectivity index (χ1n) is 42.1. The Morgan fingerprint density at radius 2 is 0.835 bits per heavy atom. The molecule has 0 atom stereocenters. The molecule has 0 spiro atoms. The molecule has 4 heterocycles. The summed E-state index contributed by atoms with van der Waals surface area (Å²) in [6, 6.07) is 16.7. The van der Waals surface area contributed by atoms with E-state index in [4.69, 9.17) is 23.2 Å². The minimum atomic E-state index is -5.01. The summed E-state index contributed by atoms with van der Waals surface area (Å²) >= 11 is 10.9. The zero-order chi connectivity index (χ0) is 93.2. The number of carbonyl (C=O) groups is 10. The first-order valence-corrected chi connectivity index (χ1v) is 43.2. The number of imide groups is 1. The average Bonchev–Trinajstić information content (AvgIpc) is 0.842. The van der Waals surface area contributed by atoms with Gasteiger partial charge in [0.1, 0.15) is 12.4 Å². The maximum absolute atomic E-state index is 12.0. The van der Waals surface area contributed by atoms with Crippen LogP contribution in [0.25, 0.3) is 0 Å². The number of piperidine rings is 2. The van der Waals surface area contributed by atoms with Gasteiger partial charge in [-0.05, 0) is 295 Å². The van der Waals surface area contributed by atoms with Gasteiger partial charge in [0.2, 0.25) is 41.4 Å². The number of rotatable bonds is 13. The fourth-order valence-corrected chi connectivity index (χ4v) is 11.9. The van der Waals surface area contributed by atoms with Gasteiger partial charge < -0.3 is 56.9 Å². The van der Waals surface area contributed by atoms with Gasteiger partial charge in [0.05, 0.1) is 19.4 Å². The molecule has 121 heavy (non-hydrogen) atoms. The van der Waals surface area contributed by atoms with Gasteiger partial charge in [0, 0.05) is 125 Å². The molecule has 1 saturated carbocycles. The van der Waals surface area contributed by atoms with Crippen LogP contribution < -0.4 is 42.5 Å². The number of alkyl halides is 5. The fraction of sp³-hybridized carbons (Fsp3) is 0.725. The zero-order valence-electron chi connectivity index (χ0n) is 78.9. The van der Waals surface area contributed by atoms with Crippen molar-refractivity contribution in [1.29, 1.82) is 0 Å². The minimum Gasteiger partial charge on any atom is -0.352 e. The molecule has 1 aliphatic carbocycles. The van der Waals surface area contributed by atoms with Crippen LogP contribution in [0.3, 0.4) is 0 Å². The molecular formula is C91H162Cl2F3N15O10. The van der Waals surface area contributed by atoms with Gasteiger partial charge >= 0.3 is 12.1 Å². The van der Waals surface area contributed by atoms with Crippen LogP contribution in [-0.4, -0.2) is 235 Å². The number of halogens is 5. The van der Waals surface area contributed by atoms with E-state index in [-0.39, 0.29) is 122 Å². The van der Waals surface area contributed by atoms with Gasteiger partial charge in [-0.15, -0.1) is 23.2 Å². The van der Waals surface area contributed by atoms with E-state index in [0.717, 1.165) is 96.4 Å². The highest BCUT2D eigenvalue weighted by Gasteiger charge is 2.47. The number of carbonyl (C=O) groups excluding carboxylic acids is 10. The lowest BCUT2D eigenvalue weighted by molar-refractivity contribution is -0.192. The number of benzene rings is 2. The number of likely N-dealkylation sites (N-methyl/N-ethyl adjacent to an activating group) is 1. The topological polar surface area (TPSA) is 301 Å². The standard InChI is InChI=1S/C12H16ClNO.C12H24N2O.C11H23N3O.C11H22N2O.C11H21NO.C11H15NO.C8H12F3NO2.C8H13N3O.C6H12ClNO.CH4/c1-12(2,3)14-11(15)10-6-4-9(8-13)5-7-10;1-10-5-7-14(8-6-10)9-11(15)13-12(2,3)4;1-11(2,3)12-10(15)9-14-7-5-13(4)6-8-14;1-11(2,3)12-10(14)9-5-7-13(4)8-6-9;2*1-11(2,3)12-10(13)9-7-5-4-6-8-9;1-5(13)12(7(2,3)4)6(14)8(9,10)11;1-7(2)10-8(12)5-11-4-3-9-6-11;1-6(2,3)8-5(9)4-7;/h4-7H,8H2,1-3H3,(H,14,15);10H,5-9H2,1-4H3,(H,13,15);5-9H2,1-4H3,(H,12,15);9H,5-8H2,1-4H3,(H,12,14);9H,4-8H2,1-3H3,(H,12,13);4-8H,1-3H3,(H,12,13);1-4H3;3-4,6-7H,5H2,1-2H3,(H,10,12);4H2,1-3H3,(H,8,9);1H4. The second-order valence-electron chi connectivity index (χ2n) is 39.8. The molecule has 3 saturated heterocycles. The van der Waals surface area contributed by atoms with Crippen molar-refractivity contribution in [1.82, 2.24) is 76.6 Å². The van der Waals surface area contributed by atoms with Crippen LogP contribution in [0.4, 0.5) is 13.2 Å². The Bertz CT molecular complexity index is 3420. The van der Waals surface area contributed by atoms with E-state index in [0.29, 0.717) is 36.6 Å². The molecule has 10 amide bonds. The first kappa shape index (κ1) is 118.